The molecule has 0 aliphatic heterocycles. The number of hydrogen-bond acceptors (Lipinski definition) is 6. The van der Waals surface area contributed by atoms with E-state index in [0.717, 1.165) is 5.56 Å². The number of pyridine rings is 2. The smallest absolute Gasteiger partial charge is 0.339 e. The number of amides is 3. The first-order valence-corrected chi connectivity index (χ1v) is 8.07. The molecule has 8 nitrogen and oxygen atoms in total. The van der Waals surface area contributed by atoms with E-state index in [-0.39, 0.29) is 5.56 Å². The quantitative estimate of drug-likeness (QED) is 0.683. The van der Waals surface area contributed by atoms with E-state index in [1.807, 2.05) is 11.4 Å². The van der Waals surface area contributed by atoms with Crippen LogP contribution in [0.25, 0.3) is 22.2 Å². The largest absolute Gasteiger partial charge is 0.449 e. The molecule has 3 rings (SSSR count). The van der Waals surface area contributed by atoms with Gasteiger partial charge >= 0.3 is 12.0 Å². The van der Waals surface area contributed by atoms with Crippen molar-refractivity contribution >= 4 is 28.8 Å². The van der Waals surface area contributed by atoms with Crippen LogP contribution in [0.5, 0.6) is 0 Å². The highest BCUT2D eigenvalue weighted by atomic mass is 16.5. The number of carbonyl (C=O) groups excluding carboxylic acids is 3. The first-order chi connectivity index (χ1) is 13.0. The molecular weight excluding hydrogens is 348 g/mol. The lowest BCUT2D eigenvalue weighted by Crippen LogP contribution is -2.42. The molecule has 2 heterocycles. The monoisotopic (exact) mass is 364 g/mol. The number of rotatable bonds is 4. The van der Waals surface area contributed by atoms with Crippen molar-refractivity contribution in [3.05, 3.63) is 60.4 Å². The Morgan fingerprint density at radius 3 is 2.63 bits per heavy atom. The predicted molar refractivity (Wildman–Crippen MR) is 97.6 cm³/mol. The van der Waals surface area contributed by atoms with Crippen LogP contribution in [0.2, 0.25) is 0 Å². The Balaban J connectivity index is 1.98. The third kappa shape index (κ3) is 4.06. The topological polar surface area (TPSA) is 124 Å². The van der Waals surface area contributed by atoms with E-state index in [9.17, 15) is 14.4 Å². The lowest BCUT2D eigenvalue weighted by atomic mass is 10.0. The van der Waals surface area contributed by atoms with Crippen LogP contribution in [0, 0.1) is 0 Å². The average Bonchev–Trinajstić information content (AvgIpc) is 2.67. The summed E-state index contributed by atoms with van der Waals surface area (Å²) in [5.41, 5.74) is 7.03. The third-order valence-electron chi connectivity index (χ3n) is 3.79. The normalized spacial score (nSPS) is 11.6. The Morgan fingerprint density at radius 2 is 1.93 bits per heavy atom. The molecule has 0 aliphatic carbocycles. The molecule has 0 bridgehead atoms. The van der Waals surface area contributed by atoms with Crippen LogP contribution in [0.1, 0.15) is 17.3 Å². The van der Waals surface area contributed by atoms with Crippen LogP contribution in [0.3, 0.4) is 0 Å². The van der Waals surface area contributed by atoms with Crippen LogP contribution in [0.4, 0.5) is 4.79 Å². The summed E-state index contributed by atoms with van der Waals surface area (Å²) in [5, 5.41) is 2.46. The molecule has 0 fully saturated rings. The van der Waals surface area contributed by atoms with E-state index in [1.165, 1.54) is 6.92 Å². The lowest BCUT2D eigenvalue weighted by molar-refractivity contribution is -0.127. The number of aromatic nitrogens is 2. The number of nitrogens with one attached hydrogen (secondary N) is 1. The fraction of sp³-hybridized carbons (Fsp3) is 0.105. The Hall–Kier alpha value is -3.81. The van der Waals surface area contributed by atoms with Gasteiger partial charge in [0.1, 0.15) is 0 Å². The molecule has 136 valence electrons. The zero-order valence-electron chi connectivity index (χ0n) is 14.4. The molecule has 1 atom stereocenters. The van der Waals surface area contributed by atoms with Crippen molar-refractivity contribution in [2.45, 2.75) is 13.0 Å². The van der Waals surface area contributed by atoms with Crippen LogP contribution in [0.15, 0.2) is 54.9 Å². The summed E-state index contributed by atoms with van der Waals surface area (Å²) >= 11 is 0. The number of urea groups is 1. The highest BCUT2D eigenvalue weighted by Gasteiger charge is 2.22. The minimum absolute atomic E-state index is 0.248. The number of fused-ring (bicyclic) bond motifs is 1. The van der Waals surface area contributed by atoms with Gasteiger partial charge in [-0.3, -0.25) is 15.1 Å². The number of carbonyl (C=O) groups is 3. The predicted octanol–water partition coefficient (Wildman–Crippen LogP) is 2.04. The zero-order chi connectivity index (χ0) is 19.4. The third-order valence-corrected chi connectivity index (χ3v) is 3.79. The molecular formula is C19H16N4O4. The summed E-state index contributed by atoms with van der Waals surface area (Å²) in [7, 11) is 0. The fourth-order valence-corrected chi connectivity index (χ4v) is 2.51. The van der Waals surface area contributed by atoms with Gasteiger partial charge in [0.05, 0.1) is 16.8 Å². The summed E-state index contributed by atoms with van der Waals surface area (Å²) < 4.78 is 5.20. The highest BCUT2D eigenvalue weighted by Crippen LogP contribution is 2.25. The molecule has 0 spiro atoms. The zero-order valence-corrected chi connectivity index (χ0v) is 14.4. The Morgan fingerprint density at radius 1 is 1.15 bits per heavy atom. The van der Waals surface area contributed by atoms with Crippen molar-refractivity contribution in [3.8, 4) is 11.3 Å². The van der Waals surface area contributed by atoms with Crippen molar-refractivity contribution in [3.63, 3.8) is 0 Å². The number of benzene rings is 1. The highest BCUT2D eigenvalue weighted by molar-refractivity contribution is 6.05. The summed E-state index contributed by atoms with van der Waals surface area (Å²) in [6, 6.07) is 11.2. The van der Waals surface area contributed by atoms with Crippen molar-refractivity contribution in [1.82, 2.24) is 15.3 Å². The van der Waals surface area contributed by atoms with Gasteiger partial charge in [0, 0.05) is 23.3 Å². The van der Waals surface area contributed by atoms with Gasteiger partial charge in [-0.2, -0.15) is 0 Å². The number of hydrogen-bond donors (Lipinski definition) is 2. The number of nitrogens with two attached hydrogens (primary N) is 1. The molecule has 0 saturated carbocycles. The summed E-state index contributed by atoms with van der Waals surface area (Å²) in [4.78, 5) is 43.8. The van der Waals surface area contributed by atoms with Gasteiger partial charge in [-0.15, -0.1) is 0 Å². The molecule has 1 unspecified atom stereocenters. The molecule has 0 radical (unpaired) electrons. The number of para-hydroxylation sites is 1. The summed E-state index contributed by atoms with van der Waals surface area (Å²) in [6.07, 6.45) is 2.08. The van der Waals surface area contributed by atoms with E-state index in [2.05, 4.69) is 9.97 Å². The molecule has 3 N–H and O–H groups in total. The number of primary amides is 1. The number of imide groups is 1. The minimum Gasteiger partial charge on any atom is -0.449 e. The molecule has 27 heavy (non-hydrogen) atoms. The molecule has 3 aromatic rings. The van der Waals surface area contributed by atoms with E-state index >= 15 is 0 Å². The van der Waals surface area contributed by atoms with Gasteiger partial charge in [-0.05, 0) is 31.2 Å². The second-order valence-electron chi connectivity index (χ2n) is 5.71. The van der Waals surface area contributed by atoms with Gasteiger partial charge in [0.15, 0.2) is 6.10 Å². The minimum atomic E-state index is -1.20. The van der Waals surface area contributed by atoms with Gasteiger partial charge in [0.25, 0.3) is 5.91 Å². The van der Waals surface area contributed by atoms with Crippen LogP contribution >= 0.6 is 0 Å². The summed E-state index contributed by atoms with van der Waals surface area (Å²) in [6.45, 7) is 1.35. The molecule has 3 amide bonds. The Labute approximate surface area is 154 Å². The molecule has 0 saturated heterocycles. The molecule has 8 heteroatoms. The first-order valence-electron chi connectivity index (χ1n) is 8.07. The number of ether oxygens (including phenoxy) is 1. The van der Waals surface area contributed by atoms with Gasteiger partial charge in [0.2, 0.25) is 0 Å². The molecule has 0 aliphatic rings. The molecule has 2 aromatic heterocycles. The van der Waals surface area contributed by atoms with Crippen molar-refractivity contribution in [1.29, 1.82) is 0 Å². The van der Waals surface area contributed by atoms with Gasteiger partial charge in [-0.25, -0.2) is 14.6 Å². The second kappa shape index (κ2) is 7.61. The number of nitrogens with zero attached hydrogens (tertiary/aromatic N) is 2. The maximum Gasteiger partial charge on any atom is 0.339 e. The van der Waals surface area contributed by atoms with Crippen LogP contribution in [-0.2, 0) is 9.53 Å². The second-order valence-corrected chi connectivity index (χ2v) is 5.71. The fourth-order valence-electron chi connectivity index (χ4n) is 2.51. The van der Waals surface area contributed by atoms with Crippen molar-refractivity contribution in [2.24, 2.45) is 5.73 Å². The van der Waals surface area contributed by atoms with E-state index in [0.29, 0.717) is 16.6 Å². The van der Waals surface area contributed by atoms with Gasteiger partial charge < -0.3 is 10.5 Å². The Bertz CT molecular complexity index is 1020. The van der Waals surface area contributed by atoms with E-state index < -0.39 is 24.0 Å². The standard InChI is InChI=1S/C19H16N4O4/c1-11(17(24)23-19(20)26)27-18(25)14-9-16(12-5-4-8-21-10-12)22-15-7-3-2-6-13(14)15/h2-11H,1H3,(H3,20,23,24,26). The van der Waals surface area contributed by atoms with Crippen molar-refractivity contribution < 1.29 is 19.1 Å². The summed E-state index contributed by atoms with van der Waals surface area (Å²) in [5.74, 6) is -1.52. The van der Waals surface area contributed by atoms with Crippen LogP contribution in [-0.4, -0.2) is 34.0 Å². The first kappa shape index (κ1) is 18.0. The SMILES string of the molecule is CC(OC(=O)c1cc(-c2cccnc2)nc2ccccc12)C(=O)NC(N)=O. The maximum absolute atomic E-state index is 12.7. The lowest BCUT2D eigenvalue weighted by Gasteiger charge is -2.14. The van der Waals surface area contributed by atoms with Gasteiger partial charge in [-0.1, -0.05) is 18.2 Å². The van der Waals surface area contributed by atoms with Crippen LogP contribution < -0.4 is 11.1 Å². The van der Waals surface area contributed by atoms with E-state index in [1.54, 1.807) is 48.8 Å². The Kier molecular flexibility index (Phi) is 5.07. The average molecular weight is 364 g/mol. The molecule has 1 aromatic carbocycles. The number of esters is 1. The van der Waals surface area contributed by atoms with Crippen molar-refractivity contribution in [2.75, 3.05) is 0 Å². The van der Waals surface area contributed by atoms with E-state index in [4.69, 9.17) is 10.5 Å². The maximum atomic E-state index is 12.7.